The first-order chi connectivity index (χ1) is 12.2. The molecule has 0 fully saturated rings. The summed E-state index contributed by atoms with van der Waals surface area (Å²) in [5.74, 6) is -5.61. The third-order valence-electron chi connectivity index (χ3n) is 3.63. The first-order valence-electron chi connectivity index (χ1n) is 7.74. The van der Waals surface area contributed by atoms with Gasteiger partial charge in [-0.25, -0.2) is 17.6 Å². The third-order valence-corrected chi connectivity index (χ3v) is 3.63. The van der Waals surface area contributed by atoms with Crippen LogP contribution in [0.5, 0.6) is 0 Å². The van der Waals surface area contributed by atoms with E-state index in [0.717, 1.165) is 12.1 Å². The van der Waals surface area contributed by atoms with Gasteiger partial charge in [-0.05, 0) is 36.8 Å². The predicted octanol–water partition coefficient (Wildman–Crippen LogP) is 5.55. The van der Waals surface area contributed by atoms with Crippen LogP contribution in [0.4, 0.5) is 32.0 Å². The van der Waals surface area contributed by atoms with Gasteiger partial charge >= 0.3 is 12.3 Å². The fourth-order valence-electron chi connectivity index (χ4n) is 2.37. The van der Waals surface area contributed by atoms with E-state index in [9.17, 15) is 26.3 Å². The average Bonchev–Trinajstić information content (AvgIpc) is 2.54. The molecule has 2 aromatic rings. The van der Waals surface area contributed by atoms with Gasteiger partial charge in [-0.3, -0.25) is 0 Å². The highest BCUT2D eigenvalue weighted by Crippen LogP contribution is 2.26. The third kappa shape index (κ3) is 5.14. The summed E-state index contributed by atoms with van der Waals surface area (Å²) in [4.78, 5) is 0. The van der Waals surface area contributed by atoms with E-state index in [1.54, 1.807) is 25.1 Å². The topological polar surface area (TPSA) is 21.3 Å². The minimum absolute atomic E-state index is 0.134. The predicted molar refractivity (Wildman–Crippen MR) is 85.4 cm³/mol. The molecule has 0 aromatic heterocycles. The summed E-state index contributed by atoms with van der Waals surface area (Å²) in [7, 11) is 0. The standard InChI is InChI=1S/C18H17F6NO/c1-11(16-14(19)6-3-7-15(16)20)25-13-5-2-4-12(8-13)9-26-10-18(23,24)17(21)22/h2-8,11,17,25H,9-10H2,1H3. The van der Waals surface area contributed by atoms with Gasteiger partial charge in [-0.2, -0.15) is 8.78 Å². The molecule has 0 saturated heterocycles. The fourth-order valence-corrected chi connectivity index (χ4v) is 2.37. The Hall–Kier alpha value is -2.22. The van der Waals surface area contributed by atoms with Gasteiger partial charge in [0.25, 0.3) is 0 Å². The van der Waals surface area contributed by atoms with Crippen molar-refractivity contribution in [2.45, 2.75) is 31.9 Å². The molecule has 0 heterocycles. The van der Waals surface area contributed by atoms with Crippen molar-refractivity contribution in [2.75, 3.05) is 11.9 Å². The molecule has 0 aliphatic heterocycles. The van der Waals surface area contributed by atoms with E-state index < -0.39 is 36.6 Å². The van der Waals surface area contributed by atoms with Crippen LogP contribution in [0, 0.1) is 11.6 Å². The molecule has 8 heteroatoms. The van der Waals surface area contributed by atoms with Crippen LogP contribution >= 0.6 is 0 Å². The monoisotopic (exact) mass is 377 g/mol. The van der Waals surface area contributed by atoms with Crippen molar-refractivity contribution in [3.05, 3.63) is 65.2 Å². The van der Waals surface area contributed by atoms with Crippen LogP contribution in [0.3, 0.4) is 0 Å². The fraction of sp³-hybridized carbons (Fsp3) is 0.333. The molecule has 142 valence electrons. The molecule has 0 amide bonds. The van der Waals surface area contributed by atoms with Crippen LogP contribution in [-0.2, 0) is 11.3 Å². The van der Waals surface area contributed by atoms with Crippen LogP contribution in [0.25, 0.3) is 0 Å². The second-order valence-electron chi connectivity index (χ2n) is 5.76. The van der Waals surface area contributed by atoms with E-state index in [1.807, 2.05) is 0 Å². The largest absolute Gasteiger partial charge is 0.378 e. The van der Waals surface area contributed by atoms with Crippen molar-refractivity contribution < 1.29 is 31.1 Å². The quantitative estimate of drug-likeness (QED) is 0.609. The van der Waals surface area contributed by atoms with Crippen molar-refractivity contribution in [2.24, 2.45) is 0 Å². The zero-order chi connectivity index (χ0) is 19.3. The lowest BCUT2D eigenvalue weighted by Gasteiger charge is -2.18. The minimum Gasteiger partial charge on any atom is -0.378 e. The van der Waals surface area contributed by atoms with Crippen molar-refractivity contribution >= 4 is 5.69 Å². The van der Waals surface area contributed by atoms with Gasteiger partial charge in [0.05, 0.1) is 12.6 Å². The molecular formula is C18H17F6NO. The summed E-state index contributed by atoms with van der Waals surface area (Å²) in [5, 5.41) is 2.90. The normalized spacial score (nSPS) is 13.1. The van der Waals surface area contributed by atoms with Gasteiger partial charge in [-0.1, -0.05) is 18.2 Å². The van der Waals surface area contributed by atoms with E-state index >= 15 is 0 Å². The lowest BCUT2D eigenvalue weighted by Crippen LogP contribution is -2.32. The highest BCUT2D eigenvalue weighted by molar-refractivity contribution is 5.47. The Kier molecular flexibility index (Phi) is 6.52. The molecule has 0 spiro atoms. The van der Waals surface area contributed by atoms with Gasteiger partial charge in [0.1, 0.15) is 18.2 Å². The Balaban J connectivity index is 2.01. The van der Waals surface area contributed by atoms with E-state index in [-0.39, 0.29) is 12.2 Å². The highest BCUT2D eigenvalue weighted by atomic mass is 19.3. The molecular weight excluding hydrogens is 360 g/mol. The lowest BCUT2D eigenvalue weighted by atomic mass is 10.1. The van der Waals surface area contributed by atoms with E-state index in [1.165, 1.54) is 12.1 Å². The zero-order valence-electron chi connectivity index (χ0n) is 13.8. The Bertz CT molecular complexity index is 717. The van der Waals surface area contributed by atoms with Crippen LogP contribution in [0.15, 0.2) is 42.5 Å². The second-order valence-corrected chi connectivity index (χ2v) is 5.76. The first kappa shape index (κ1) is 20.1. The second kappa shape index (κ2) is 8.44. The van der Waals surface area contributed by atoms with Crippen molar-refractivity contribution in [3.8, 4) is 0 Å². The number of benzene rings is 2. The van der Waals surface area contributed by atoms with Gasteiger partial charge < -0.3 is 10.1 Å². The highest BCUT2D eigenvalue weighted by Gasteiger charge is 2.40. The number of ether oxygens (including phenoxy) is 1. The molecule has 26 heavy (non-hydrogen) atoms. The van der Waals surface area contributed by atoms with Gasteiger partial charge in [-0.15, -0.1) is 0 Å². The summed E-state index contributed by atoms with van der Waals surface area (Å²) in [6.07, 6.45) is -3.80. The summed E-state index contributed by atoms with van der Waals surface area (Å²) in [6.45, 7) is -0.146. The maximum Gasteiger partial charge on any atom is 0.330 e. The molecule has 2 rings (SSSR count). The number of anilines is 1. The average molecular weight is 377 g/mol. The molecule has 0 radical (unpaired) electrons. The van der Waals surface area contributed by atoms with E-state index in [0.29, 0.717) is 11.3 Å². The number of hydrogen-bond donors (Lipinski definition) is 1. The molecule has 1 N–H and O–H groups in total. The molecule has 2 nitrogen and oxygen atoms in total. The molecule has 0 bridgehead atoms. The maximum absolute atomic E-state index is 13.8. The summed E-state index contributed by atoms with van der Waals surface area (Å²) >= 11 is 0. The SMILES string of the molecule is CC(Nc1cccc(COCC(F)(F)C(F)F)c1)c1c(F)cccc1F. The lowest BCUT2D eigenvalue weighted by molar-refractivity contribution is -0.168. The molecule has 0 aliphatic rings. The molecule has 1 unspecified atom stereocenters. The molecule has 0 saturated carbocycles. The van der Waals surface area contributed by atoms with Crippen molar-refractivity contribution in [3.63, 3.8) is 0 Å². The molecule has 0 aliphatic carbocycles. The number of nitrogens with one attached hydrogen (secondary N) is 1. The summed E-state index contributed by atoms with van der Waals surface area (Å²) in [5.41, 5.74) is 0.786. The van der Waals surface area contributed by atoms with E-state index in [4.69, 9.17) is 0 Å². The van der Waals surface area contributed by atoms with Crippen LogP contribution in [-0.4, -0.2) is 19.0 Å². The maximum atomic E-state index is 13.8. The number of halogens is 6. The Morgan fingerprint density at radius 2 is 1.65 bits per heavy atom. The number of hydrogen-bond acceptors (Lipinski definition) is 2. The van der Waals surface area contributed by atoms with Gasteiger partial charge in [0.2, 0.25) is 0 Å². The van der Waals surface area contributed by atoms with Crippen LogP contribution < -0.4 is 5.32 Å². The smallest absolute Gasteiger partial charge is 0.330 e. The van der Waals surface area contributed by atoms with Crippen LogP contribution in [0.1, 0.15) is 24.1 Å². The zero-order valence-corrected chi connectivity index (χ0v) is 13.8. The van der Waals surface area contributed by atoms with Gasteiger partial charge in [0, 0.05) is 11.3 Å². The van der Waals surface area contributed by atoms with Crippen LogP contribution in [0.2, 0.25) is 0 Å². The van der Waals surface area contributed by atoms with Crippen molar-refractivity contribution in [1.29, 1.82) is 0 Å². The molecule has 1 atom stereocenters. The Morgan fingerprint density at radius 1 is 1.04 bits per heavy atom. The van der Waals surface area contributed by atoms with E-state index in [2.05, 4.69) is 10.1 Å². The Morgan fingerprint density at radius 3 is 2.27 bits per heavy atom. The molecule has 2 aromatic carbocycles. The minimum atomic E-state index is -4.22. The summed E-state index contributed by atoms with van der Waals surface area (Å²) < 4.78 is 82.0. The van der Waals surface area contributed by atoms with Crippen molar-refractivity contribution in [1.82, 2.24) is 0 Å². The van der Waals surface area contributed by atoms with Gasteiger partial charge in [0.15, 0.2) is 0 Å². The number of rotatable bonds is 8. The number of alkyl halides is 4. The first-order valence-corrected chi connectivity index (χ1v) is 7.74. The summed E-state index contributed by atoms with van der Waals surface area (Å²) in [6, 6.07) is 9.12. The Labute approximate surface area is 146 Å².